The van der Waals surface area contributed by atoms with Crippen LogP contribution in [0.3, 0.4) is 0 Å². The van der Waals surface area contributed by atoms with E-state index in [1.165, 1.54) is 16.5 Å². The van der Waals surface area contributed by atoms with Crippen molar-refractivity contribution in [1.29, 1.82) is 0 Å². The van der Waals surface area contributed by atoms with Gasteiger partial charge in [0.15, 0.2) is 0 Å². The molecule has 1 N–H and O–H groups in total. The van der Waals surface area contributed by atoms with Crippen LogP contribution in [0.5, 0.6) is 0 Å². The van der Waals surface area contributed by atoms with E-state index >= 15 is 0 Å². The Labute approximate surface area is 112 Å². The monoisotopic (exact) mass is 249 g/mol. The van der Waals surface area contributed by atoms with Crippen LogP contribution in [0.2, 0.25) is 0 Å². The average molecular weight is 249 g/mol. The first-order valence-electron chi connectivity index (χ1n) is 6.36. The molecule has 0 amide bonds. The highest BCUT2D eigenvalue weighted by atomic mass is 14.9. The minimum atomic E-state index is 0.816. The lowest BCUT2D eigenvalue weighted by molar-refractivity contribution is 0.695. The summed E-state index contributed by atoms with van der Waals surface area (Å²) in [6.45, 7) is 1.66. The average Bonchev–Trinajstić information content (AvgIpc) is 2.49. The lowest BCUT2D eigenvalue weighted by atomic mass is 10.1. The van der Waals surface area contributed by atoms with Crippen molar-refractivity contribution >= 4 is 10.9 Å². The maximum Gasteiger partial charge on any atom is 0.0746 e. The Kier molecular flexibility index (Phi) is 3.47. The molecule has 0 unspecified atom stereocenters. The number of pyridine rings is 2. The van der Waals surface area contributed by atoms with Crippen LogP contribution in [-0.4, -0.2) is 9.97 Å². The molecule has 1 aromatic carbocycles. The number of nitrogens with one attached hydrogen (secondary N) is 1. The highest BCUT2D eigenvalue weighted by Crippen LogP contribution is 2.15. The van der Waals surface area contributed by atoms with Gasteiger partial charge in [0.1, 0.15) is 0 Å². The van der Waals surface area contributed by atoms with Gasteiger partial charge in [-0.3, -0.25) is 9.97 Å². The fraction of sp³-hybridized carbons (Fsp3) is 0.125. The minimum absolute atomic E-state index is 0.816. The molecule has 3 rings (SSSR count). The van der Waals surface area contributed by atoms with Gasteiger partial charge in [-0.15, -0.1) is 0 Å². The molecule has 2 heterocycles. The summed E-state index contributed by atoms with van der Waals surface area (Å²) < 4.78 is 0. The van der Waals surface area contributed by atoms with Crippen LogP contribution in [0.15, 0.2) is 61.1 Å². The van der Waals surface area contributed by atoms with Crippen LogP contribution >= 0.6 is 0 Å². The van der Waals surface area contributed by atoms with Crippen molar-refractivity contribution in [2.75, 3.05) is 0 Å². The molecular weight excluding hydrogens is 234 g/mol. The van der Waals surface area contributed by atoms with Gasteiger partial charge in [-0.25, -0.2) is 0 Å². The van der Waals surface area contributed by atoms with Crippen molar-refractivity contribution < 1.29 is 0 Å². The summed E-state index contributed by atoms with van der Waals surface area (Å²) in [5.74, 6) is 0. The van der Waals surface area contributed by atoms with E-state index in [1.807, 2.05) is 36.8 Å². The van der Waals surface area contributed by atoms with Gasteiger partial charge in [0, 0.05) is 37.1 Å². The molecular formula is C16H15N3. The van der Waals surface area contributed by atoms with Gasteiger partial charge >= 0.3 is 0 Å². The standard InChI is InChI=1S/C16H15N3/c1-3-14-5-2-8-19-16(14)15(4-1)12-18-11-13-6-9-17-10-7-13/h1-10,18H,11-12H2. The van der Waals surface area contributed by atoms with Gasteiger partial charge in [0.25, 0.3) is 0 Å². The summed E-state index contributed by atoms with van der Waals surface area (Å²) in [4.78, 5) is 8.47. The van der Waals surface area contributed by atoms with Crippen molar-refractivity contribution in [3.8, 4) is 0 Å². The molecule has 2 aromatic heterocycles. The fourth-order valence-corrected chi connectivity index (χ4v) is 2.15. The van der Waals surface area contributed by atoms with Gasteiger partial charge in [-0.2, -0.15) is 0 Å². The van der Waals surface area contributed by atoms with Crippen molar-refractivity contribution in [3.63, 3.8) is 0 Å². The quantitative estimate of drug-likeness (QED) is 0.772. The third-order valence-corrected chi connectivity index (χ3v) is 3.11. The van der Waals surface area contributed by atoms with Crippen LogP contribution in [0.4, 0.5) is 0 Å². The minimum Gasteiger partial charge on any atom is -0.309 e. The summed E-state index contributed by atoms with van der Waals surface area (Å²) >= 11 is 0. The maximum atomic E-state index is 4.46. The Morgan fingerprint density at radius 2 is 1.68 bits per heavy atom. The van der Waals surface area contributed by atoms with Crippen molar-refractivity contribution in [3.05, 3.63) is 72.2 Å². The molecule has 0 atom stereocenters. The third-order valence-electron chi connectivity index (χ3n) is 3.11. The molecule has 0 bridgehead atoms. The van der Waals surface area contributed by atoms with Gasteiger partial charge in [-0.05, 0) is 29.3 Å². The van der Waals surface area contributed by atoms with Crippen molar-refractivity contribution in [2.45, 2.75) is 13.1 Å². The molecule has 0 radical (unpaired) electrons. The lowest BCUT2D eigenvalue weighted by Gasteiger charge is -2.07. The van der Waals surface area contributed by atoms with Gasteiger partial charge in [0.05, 0.1) is 5.52 Å². The van der Waals surface area contributed by atoms with E-state index in [1.54, 1.807) is 0 Å². The Balaban J connectivity index is 1.72. The fourth-order valence-electron chi connectivity index (χ4n) is 2.15. The lowest BCUT2D eigenvalue weighted by Crippen LogP contribution is -2.13. The molecule has 94 valence electrons. The van der Waals surface area contributed by atoms with E-state index in [9.17, 15) is 0 Å². The van der Waals surface area contributed by atoms with E-state index in [0.29, 0.717) is 0 Å². The predicted octanol–water partition coefficient (Wildman–Crippen LogP) is 2.92. The Morgan fingerprint density at radius 1 is 0.842 bits per heavy atom. The molecule has 0 fully saturated rings. The number of aromatic nitrogens is 2. The zero-order chi connectivity index (χ0) is 12.9. The molecule has 3 heteroatoms. The number of rotatable bonds is 4. The maximum absolute atomic E-state index is 4.46. The topological polar surface area (TPSA) is 37.8 Å². The number of fused-ring (bicyclic) bond motifs is 1. The summed E-state index contributed by atoms with van der Waals surface area (Å²) in [5, 5.41) is 4.63. The highest BCUT2D eigenvalue weighted by molar-refractivity contribution is 5.81. The van der Waals surface area contributed by atoms with Crippen LogP contribution in [0.25, 0.3) is 10.9 Å². The zero-order valence-corrected chi connectivity index (χ0v) is 10.6. The van der Waals surface area contributed by atoms with Gasteiger partial charge in [0.2, 0.25) is 0 Å². The first-order valence-corrected chi connectivity index (χ1v) is 6.36. The second kappa shape index (κ2) is 5.59. The molecule has 19 heavy (non-hydrogen) atoms. The normalized spacial score (nSPS) is 10.7. The summed E-state index contributed by atoms with van der Waals surface area (Å²) in [7, 11) is 0. The molecule has 0 saturated carbocycles. The van der Waals surface area contributed by atoms with Gasteiger partial charge in [-0.1, -0.05) is 24.3 Å². The summed E-state index contributed by atoms with van der Waals surface area (Å²) in [5.41, 5.74) is 3.54. The molecule has 3 aromatic rings. The first-order chi connectivity index (χ1) is 9.43. The van der Waals surface area contributed by atoms with E-state index in [2.05, 4.69) is 39.6 Å². The number of hydrogen-bond acceptors (Lipinski definition) is 3. The Hall–Kier alpha value is -2.26. The van der Waals surface area contributed by atoms with Gasteiger partial charge < -0.3 is 5.32 Å². The highest BCUT2D eigenvalue weighted by Gasteiger charge is 2.01. The smallest absolute Gasteiger partial charge is 0.0746 e. The molecule has 0 saturated heterocycles. The van der Waals surface area contributed by atoms with Crippen molar-refractivity contribution in [2.24, 2.45) is 0 Å². The third kappa shape index (κ3) is 2.77. The first kappa shape index (κ1) is 11.8. The Bertz CT molecular complexity index is 660. The van der Waals surface area contributed by atoms with Crippen LogP contribution < -0.4 is 5.32 Å². The van der Waals surface area contributed by atoms with Crippen LogP contribution in [-0.2, 0) is 13.1 Å². The summed E-state index contributed by atoms with van der Waals surface area (Å²) in [6.07, 6.45) is 5.47. The molecule has 0 aliphatic carbocycles. The SMILES string of the molecule is c1cnc2c(CNCc3ccncc3)cccc2c1. The number of benzene rings is 1. The van der Waals surface area contributed by atoms with Crippen LogP contribution in [0.1, 0.15) is 11.1 Å². The molecule has 0 aliphatic heterocycles. The van der Waals surface area contributed by atoms with Crippen LogP contribution in [0, 0.1) is 0 Å². The Morgan fingerprint density at radius 3 is 2.58 bits per heavy atom. The largest absolute Gasteiger partial charge is 0.309 e. The molecule has 3 nitrogen and oxygen atoms in total. The zero-order valence-electron chi connectivity index (χ0n) is 10.6. The summed E-state index contributed by atoms with van der Waals surface area (Å²) in [6, 6.07) is 14.4. The van der Waals surface area contributed by atoms with Crippen molar-refractivity contribution in [1.82, 2.24) is 15.3 Å². The predicted molar refractivity (Wildman–Crippen MR) is 76.5 cm³/mol. The number of nitrogens with zero attached hydrogens (tertiary/aromatic N) is 2. The number of para-hydroxylation sites is 1. The van der Waals surface area contributed by atoms with E-state index in [0.717, 1.165) is 18.6 Å². The van der Waals surface area contributed by atoms with E-state index < -0.39 is 0 Å². The second-order valence-electron chi connectivity index (χ2n) is 4.45. The molecule has 0 spiro atoms. The van der Waals surface area contributed by atoms with E-state index in [4.69, 9.17) is 0 Å². The number of hydrogen-bond donors (Lipinski definition) is 1. The van der Waals surface area contributed by atoms with E-state index in [-0.39, 0.29) is 0 Å². The molecule has 0 aliphatic rings. The second-order valence-corrected chi connectivity index (χ2v) is 4.45.